The molecule has 0 radical (unpaired) electrons. The number of halogens is 1. The van der Waals surface area contributed by atoms with E-state index in [9.17, 15) is 9.90 Å². The molecule has 1 amide bonds. The molecule has 0 aromatic heterocycles. The largest absolute Gasteiger partial charge is 0.490 e. The number of hydrogen-bond acceptors (Lipinski definition) is 4. The highest BCUT2D eigenvalue weighted by Crippen LogP contribution is 2.48. The molecule has 4 atom stereocenters. The number of methoxy groups -OCH3 is 1. The zero-order valence-electron chi connectivity index (χ0n) is 19.2. The maximum Gasteiger partial charge on any atom is 0.247 e. The van der Waals surface area contributed by atoms with Crippen molar-refractivity contribution in [2.24, 2.45) is 5.92 Å². The number of aryl methyl sites for hydroxylation is 1. The molecule has 4 rings (SSSR count). The molecule has 2 aliphatic heterocycles. The Balaban J connectivity index is 1.73. The molecule has 172 valence electrons. The molecule has 0 saturated carbocycles. The van der Waals surface area contributed by atoms with Crippen molar-refractivity contribution in [3.63, 3.8) is 0 Å². The van der Waals surface area contributed by atoms with Crippen LogP contribution in [0.1, 0.15) is 37.0 Å². The van der Waals surface area contributed by atoms with Crippen molar-refractivity contribution in [1.82, 2.24) is 0 Å². The fraction of sp³-hybridized carbons (Fsp3) is 0.480. The fourth-order valence-electron chi connectivity index (χ4n) is 5.25. The zero-order chi connectivity index (χ0) is 23.0. The first-order valence-corrected chi connectivity index (χ1v) is 14.3. The number of benzene rings is 2. The molecule has 7 heteroatoms. The number of carbonyl (C=O) groups is 1. The number of ether oxygens (including phenoxy) is 2. The molecule has 2 aliphatic rings. The van der Waals surface area contributed by atoms with E-state index >= 15 is 4.11 Å². The van der Waals surface area contributed by atoms with Crippen LogP contribution in [0, 0.1) is 5.92 Å². The number of carbonyl (C=O) groups excluding carboxylic acids is 1. The topological polar surface area (TPSA) is 59.0 Å². The number of hydrogen-bond donors (Lipinski definition) is 1. The molecule has 32 heavy (non-hydrogen) atoms. The molecule has 0 spiro atoms. The highest BCUT2D eigenvalue weighted by atomic mass is 28.4. The summed E-state index contributed by atoms with van der Waals surface area (Å²) in [5.41, 5.74) is 3.37. The number of fused-ring (bicyclic) bond motifs is 2. The second-order valence-corrected chi connectivity index (χ2v) is 13.2. The molecule has 0 fully saturated rings. The summed E-state index contributed by atoms with van der Waals surface area (Å²) >= 11 is 0. The summed E-state index contributed by atoms with van der Waals surface area (Å²) in [5, 5.41) is 9.55. The lowest BCUT2D eigenvalue weighted by Gasteiger charge is -2.43. The van der Waals surface area contributed by atoms with Gasteiger partial charge in [-0.2, -0.15) is 0 Å². The highest BCUT2D eigenvalue weighted by Gasteiger charge is 2.47. The van der Waals surface area contributed by atoms with Crippen LogP contribution < -0.4 is 9.64 Å². The summed E-state index contributed by atoms with van der Waals surface area (Å²) in [6.45, 7) is 5.28. The Labute approximate surface area is 190 Å². The van der Waals surface area contributed by atoms with Gasteiger partial charge < -0.3 is 18.7 Å². The van der Waals surface area contributed by atoms with Crippen molar-refractivity contribution >= 4 is 25.7 Å². The minimum atomic E-state index is -3.08. The van der Waals surface area contributed by atoms with Crippen molar-refractivity contribution in [3.8, 4) is 5.75 Å². The Morgan fingerprint density at radius 1 is 1.25 bits per heavy atom. The van der Waals surface area contributed by atoms with Crippen molar-refractivity contribution in [1.29, 1.82) is 0 Å². The molecule has 2 aromatic rings. The van der Waals surface area contributed by atoms with E-state index < -0.39 is 8.41 Å². The van der Waals surface area contributed by atoms with Crippen LogP contribution in [0.2, 0.25) is 18.6 Å². The van der Waals surface area contributed by atoms with Crippen LogP contribution in [-0.2, 0) is 16.0 Å². The van der Waals surface area contributed by atoms with Gasteiger partial charge in [0.05, 0.1) is 11.8 Å². The predicted molar refractivity (Wildman–Crippen MR) is 126 cm³/mol. The van der Waals surface area contributed by atoms with Crippen molar-refractivity contribution in [2.75, 3.05) is 18.6 Å². The fourth-order valence-corrected chi connectivity index (χ4v) is 7.22. The monoisotopic (exact) mass is 457 g/mol. The Hall–Kier alpha value is -2.22. The van der Waals surface area contributed by atoms with Gasteiger partial charge >= 0.3 is 0 Å². The Bertz CT molecular complexity index is 992. The first kappa shape index (κ1) is 23.0. The average Bonchev–Trinajstić information content (AvgIpc) is 2.76. The predicted octanol–water partition coefficient (Wildman–Crippen LogP) is 5.31. The lowest BCUT2D eigenvalue weighted by atomic mass is 9.86. The van der Waals surface area contributed by atoms with E-state index in [1.165, 1.54) is 0 Å². The van der Waals surface area contributed by atoms with E-state index in [-0.39, 0.29) is 36.2 Å². The van der Waals surface area contributed by atoms with Gasteiger partial charge in [-0.05, 0) is 55.8 Å². The van der Waals surface area contributed by atoms with E-state index in [2.05, 4.69) is 6.07 Å². The molecule has 5 nitrogen and oxygen atoms in total. The summed E-state index contributed by atoms with van der Waals surface area (Å²) in [6.07, 6.45) is 0.906. The maximum atomic E-state index is 15.2. The van der Waals surface area contributed by atoms with Crippen molar-refractivity contribution in [3.05, 3.63) is 53.6 Å². The van der Waals surface area contributed by atoms with Crippen LogP contribution in [0.5, 0.6) is 5.75 Å². The molecule has 2 aromatic carbocycles. The average molecular weight is 458 g/mol. The van der Waals surface area contributed by atoms with Gasteiger partial charge in [-0.15, -0.1) is 0 Å². The SMILES string of the molecule is CO[C@@H]1c2cc(N3C(=O)CCc4ccccc43)ccc2O[C@H](C(CCO)[Si](C)(C)F)[C@H]1C. The molecular formula is C25H32FNO4Si. The summed E-state index contributed by atoms with van der Waals surface area (Å²) in [5.74, 6) is 0.613. The van der Waals surface area contributed by atoms with Gasteiger partial charge in [0, 0.05) is 42.8 Å². The third-order valence-corrected chi connectivity index (χ3v) is 9.26. The normalized spacial score (nSPS) is 23.9. The second kappa shape index (κ2) is 8.96. The molecule has 0 aliphatic carbocycles. The van der Waals surface area contributed by atoms with Crippen LogP contribution in [0.4, 0.5) is 15.5 Å². The van der Waals surface area contributed by atoms with E-state index in [0.29, 0.717) is 18.6 Å². The Morgan fingerprint density at radius 3 is 2.69 bits per heavy atom. The summed E-state index contributed by atoms with van der Waals surface area (Å²) in [4.78, 5) is 14.6. The van der Waals surface area contributed by atoms with E-state index in [1.54, 1.807) is 25.1 Å². The molecule has 2 heterocycles. The molecule has 1 N–H and O–H groups in total. The molecule has 0 bridgehead atoms. The van der Waals surface area contributed by atoms with Crippen LogP contribution in [-0.4, -0.2) is 39.2 Å². The van der Waals surface area contributed by atoms with Crippen molar-refractivity contribution < 1.29 is 23.5 Å². The Kier molecular flexibility index (Phi) is 6.43. The van der Waals surface area contributed by atoms with Crippen LogP contribution in [0.3, 0.4) is 0 Å². The number of para-hydroxylation sites is 1. The van der Waals surface area contributed by atoms with Crippen LogP contribution in [0.15, 0.2) is 42.5 Å². The minimum absolute atomic E-state index is 0.0634. The number of rotatable bonds is 6. The van der Waals surface area contributed by atoms with Crippen molar-refractivity contribution in [2.45, 2.75) is 57.0 Å². The zero-order valence-corrected chi connectivity index (χ0v) is 20.2. The number of anilines is 2. The third kappa shape index (κ3) is 4.09. The Morgan fingerprint density at radius 2 is 2.00 bits per heavy atom. The first-order chi connectivity index (χ1) is 15.3. The molecular weight excluding hydrogens is 425 g/mol. The van der Waals surface area contributed by atoms with Crippen LogP contribution >= 0.6 is 0 Å². The lowest BCUT2D eigenvalue weighted by Crippen LogP contribution is -2.46. The van der Waals surface area contributed by atoms with Gasteiger partial charge in [-0.1, -0.05) is 25.1 Å². The van der Waals surface area contributed by atoms with Gasteiger partial charge in [0.15, 0.2) is 0 Å². The first-order valence-electron chi connectivity index (χ1n) is 11.3. The van der Waals surface area contributed by atoms with E-state index in [0.717, 1.165) is 28.9 Å². The maximum absolute atomic E-state index is 15.2. The van der Waals surface area contributed by atoms with Gasteiger partial charge in [-0.3, -0.25) is 9.69 Å². The third-order valence-electron chi connectivity index (χ3n) is 6.88. The van der Waals surface area contributed by atoms with Gasteiger partial charge in [0.2, 0.25) is 14.3 Å². The number of aliphatic hydroxyl groups excluding tert-OH is 1. The summed E-state index contributed by atoms with van der Waals surface area (Å²) < 4.78 is 27.4. The highest BCUT2D eigenvalue weighted by molar-refractivity contribution is 6.72. The number of amides is 1. The van der Waals surface area contributed by atoms with Crippen LogP contribution in [0.25, 0.3) is 0 Å². The summed E-state index contributed by atoms with van der Waals surface area (Å²) in [7, 11) is -1.43. The standard InChI is InChI=1S/C25H32FNO4Si/c1-16-24(30-2)19-15-18(27-20-8-6-5-7-17(20)9-12-23(27)29)10-11-21(19)31-25(16)22(13-14-28)32(3,4)26/h5-8,10-11,15-16,22,24-25,28H,9,12-14H2,1-4H3/t16-,22?,24-,25-/m0/s1. The quantitative estimate of drug-likeness (QED) is 0.472. The minimum Gasteiger partial charge on any atom is -0.490 e. The van der Waals surface area contributed by atoms with E-state index in [1.807, 2.05) is 43.3 Å². The molecule has 0 saturated heterocycles. The molecule has 1 unspecified atom stereocenters. The number of nitrogens with zero attached hydrogens (tertiary/aromatic N) is 1. The van der Waals surface area contributed by atoms with Gasteiger partial charge in [-0.25, -0.2) is 0 Å². The number of aliphatic hydroxyl groups is 1. The van der Waals surface area contributed by atoms with E-state index in [4.69, 9.17) is 9.47 Å². The second-order valence-electron chi connectivity index (χ2n) is 9.36. The summed E-state index contributed by atoms with van der Waals surface area (Å²) in [6, 6.07) is 13.7. The van der Waals surface area contributed by atoms with Gasteiger partial charge in [0.25, 0.3) is 0 Å². The van der Waals surface area contributed by atoms with Gasteiger partial charge in [0.1, 0.15) is 11.9 Å². The smallest absolute Gasteiger partial charge is 0.247 e. The lowest BCUT2D eigenvalue weighted by molar-refractivity contribution is -0.118.